The molecule has 0 aliphatic heterocycles. The zero-order valence-electron chi connectivity index (χ0n) is 16.9. The van der Waals surface area contributed by atoms with Crippen LogP contribution >= 0.6 is 11.8 Å². The molecule has 2 fully saturated rings. The third-order valence-electron chi connectivity index (χ3n) is 5.83. The summed E-state index contributed by atoms with van der Waals surface area (Å²) in [5, 5.41) is 12.6. The second kappa shape index (κ2) is 8.68. The highest BCUT2D eigenvalue weighted by molar-refractivity contribution is 8.00. The fourth-order valence-corrected chi connectivity index (χ4v) is 5.23. The molecule has 7 heteroatoms. The number of aromatic nitrogens is 3. The van der Waals surface area contributed by atoms with Gasteiger partial charge in [-0.25, -0.2) is 0 Å². The number of hydrogen-bond acceptors (Lipinski definition) is 5. The lowest BCUT2D eigenvalue weighted by atomic mass is 9.95. The first-order chi connectivity index (χ1) is 14.8. The first-order valence-electron chi connectivity index (χ1n) is 10.8. The molecule has 0 saturated heterocycles. The number of benzene rings is 1. The Morgan fingerprint density at radius 1 is 1.03 bits per heavy atom. The molecule has 1 amide bonds. The number of nitrogens with one attached hydrogen (secondary N) is 1. The van der Waals surface area contributed by atoms with Gasteiger partial charge in [0.05, 0.1) is 6.26 Å². The minimum absolute atomic E-state index is 0.0476. The summed E-state index contributed by atoms with van der Waals surface area (Å²) >= 11 is 1.49. The van der Waals surface area contributed by atoms with Crippen molar-refractivity contribution in [2.75, 3.05) is 0 Å². The Labute approximate surface area is 180 Å². The van der Waals surface area contributed by atoms with E-state index in [9.17, 15) is 4.79 Å². The maximum absolute atomic E-state index is 13.1. The van der Waals surface area contributed by atoms with Gasteiger partial charge in [-0.2, -0.15) is 0 Å². The molecule has 6 nitrogen and oxygen atoms in total. The van der Waals surface area contributed by atoms with Gasteiger partial charge in [0.15, 0.2) is 10.9 Å². The van der Waals surface area contributed by atoms with Gasteiger partial charge in [0.25, 0.3) is 0 Å². The van der Waals surface area contributed by atoms with Gasteiger partial charge in [0, 0.05) is 12.1 Å². The Balaban J connectivity index is 1.50. The lowest BCUT2D eigenvalue weighted by Crippen LogP contribution is -2.30. The zero-order chi connectivity index (χ0) is 20.3. The van der Waals surface area contributed by atoms with Crippen LogP contribution in [0.2, 0.25) is 0 Å². The summed E-state index contributed by atoms with van der Waals surface area (Å²) in [5.74, 6) is 1.52. The molecule has 1 N–H and O–H groups in total. The van der Waals surface area contributed by atoms with E-state index in [0.29, 0.717) is 12.1 Å². The molecule has 0 radical (unpaired) electrons. The van der Waals surface area contributed by atoms with Crippen molar-refractivity contribution in [2.24, 2.45) is 0 Å². The molecule has 2 aromatic heterocycles. The Hall–Kier alpha value is -2.54. The maximum atomic E-state index is 13.1. The van der Waals surface area contributed by atoms with E-state index in [2.05, 4.69) is 20.1 Å². The van der Waals surface area contributed by atoms with Gasteiger partial charge in [-0.3, -0.25) is 9.36 Å². The molecular weight excluding hydrogens is 396 g/mol. The largest absolute Gasteiger partial charge is 0.461 e. The molecule has 2 saturated carbocycles. The summed E-state index contributed by atoms with van der Waals surface area (Å²) in [5.41, 5.74) is 0.985. The van der Waals surface area contributed by atoms with E-state index < -0.39 is 0 Å². The Morgan fingerprint density at radius 2 is 1.83 bits per heavy atom. The molecule has 1 aromatic carbocycles. The van der Waals surface area contributed by atoms with Crippen LogP contribution in [0.4, 0.5) is 0 Å². The number of hydrogen-bond donors (Lipinski definition) is 1. The highest BCUT2D eigenvalue weighted by Gasteiger charge is 2.32. The monoisotopic (exact) mass is 422 g/mol. The first-order valence-corrected chi connectivity index (χ1v) is 11.7. The predicted molar refractivity (Wildman–Crippen MR) is 116 cm³/mol. The molecule has 1 unspecified atom stereocenters. The van der Waals surface area contributed by atoms with Gasteiger partial charge in [0.1, 0.15) is 5.25 Å². The normalized spacial score (nSPS) is 18.3. The van der Waals surface area contributed by atoms with Crippen LogP contribution in [0, 0.1) is 0 Å². The Kier molecular flexibility index (Phi) is 5.62. The van der Waals surface area contributed by atoms with Gasteiger partial charge in [-0.1, -0.05) is 61.4 Å². The van der Waals surface area contributed by atoms with Crippen molar-refractivity contribution in [3.05, 3.63) is 54.3 Å². The topological polar surface area (TPSA) is 73.0 Å². The summed E-state index contributed by atoms with van der Waals surface area (Å²) in [7, 11) is 0. The molecule has 2 aliphatic rings. The van der Waals surface area contributed by atoms with Crippen LogP contribution in [0.3, 0.4) is 0 Å². The van der Waals surface area contributed by atoms with E-state index in [-0.39, 0.29) is 11.2 Å². The SMILES string of the molecule is O=C(NC1CC1)C(Sc1nnc(-c2ccco2)n1C1CCCCC1)c1ccccc1. The summed E-state index contributed by atoms with van der Waals surface area (Å²) in [6.45, 7) is 0. The smallest absolute Gasteiger partial charge is 0.238 e. The molecule has 2 aliphatic carbocycles. The standard InChI is InChI=1S/C23H26N4O2S/c28-22(24-17-13-14-17)20(16-8-3-1-4-9-16)30-23-26-25-21(19-12-7-15-29-19)27(23)18-10-5-2-6-11-18/h1,3-4,7-9,12,15,17-18,20H,2,5-6,10-11,13-14H2,(H,24,28). The zero-order valence-corrected chi connectivity index (χ0v) is 17.7. The summed E-state index contributed by atoms with van der Waals surface area (Å²) in [4.78, 5) is 13.1. The van der Waals surface area contributed by atoms with E-state index in [0.717, 1.165) is 48.0 Å². The van der Waals surface area contributed by atoms with Crippen molar-refractivity contribution >= 4 is 17.7 Å². The van der Waals surface area contributed by atoms with Crippen molar-refractivity contribution < 1.29 is 9.21 Å². The summed E-state index contributed by atoms with van der Waals surface area (Å²) in [6.07, 6.45) is 9.68. The minimum Gasteiger partial charge on any atom is -0.461 e. The van der Waals surface area contributed by atoms with Gasteiger partial charge in [0.2, 0.25) is 11.7 Å². The highest BCUT2D eigenvalue weighted by Crippen LogP contribution is 2.41. The van der Waals surface area contributed by atoms with E-state index >= 15 is 0 Å². The number of carbonyl (C=O) groups excluding carboxylic acids is 1. The lowest BCUT2D eigenvalue weighted by Gasteiger charge is -2.26. The van der Waals surface area contributed by atoms with E-state index in [4.69, 9.17) is 4.42 Å². The van der Waals surface area contributed by atoms with Crippen LogP contribution in [0.5, 0.6) is 0 Å². The molecule has 5 rings (SSSR count). The van der Waals surface area contributed by atoms with Crippen molar-refractivity contribution in [1.82, 2.24) is 20.1 Å². The molecule has 2 heterocycles. The fraction of sp³-hybridized carbons (Fsp3) is 0.435. The van der Waals surface area contributed by atoms with Crippen LogP contribution in [-0.2, 0) is 4.79 Å². The third kappa shape index (κ3) is 4.17. The number of nitrogens with zero attached hydrogens (tertiary/aromatic N) is 3. The number of amides is 1. The molecule has 30 heavy (non-hydrogen) atoms. The Bertz CT molecular complexity index is 976. The fourth-order valence-electron chi connectivity index (χ4n) is 4.11. The van der Waals surface area contributed by atoms with Crippen molar-refractivity contribution in [1.29, 1.82) is 0 Å². The molecule has 0 spiro atoms. The van der Waals surface area contributed by atoms with Crippen LogP contribution in [0.15, 0.2) is 58.3 Å². The lowest BCUT2D eigenvalue weighted by molar-refractivity contribution is -0.120. The van der Waals surface area contributed by atoms with Gasteiger partial charge in [-0.15, -0.1) is 10.2 Å². The van der Waals surface area contributed by atoms with Crippen LogP contribution < -0.4 is 5.32 Å². The number of carbonyl (C=O) groups is 1. The van der Waals surface area contributed by atoms with E-state index in [1.54, 1.807) is 6.26 Å². The average molecular weight is 423 g/mol. The van der Waals surface area contributed by atoms with Crippen LogP contribution in [0.25, 0.3) is 11.6 Å². The quantitative estimate of drug-likeness (QED) is 0.533. The molecule has 3 aromatic rings. The maximum Gasteiger partial charge on any atom is 0.238 e. The third-order valence-corrected chi connectivity index (χ3v) is 7.04. The van der Waals surface area contributed by atoms with Gasteiger partial charge in [-0.05, 0) is 43.4 Å². The molecule has 1 atom stereocenters. The van der Waals surface area contributed by atoms with Crippen molar-refractivity contribution in [3.63, 3.8) is 0 Å². The molecular formula is C23H26N4O2S. The highest BCUT2D eigenvalue weighted by atomic mass is 32.2. The van der Waals surface area contributed by atoms with E-state index in [1.807, 2.05) is 42.5 Å². The van der Waals surface area contributed by atoms with Crippen LogP contribution in [0.1, 0.15) is 61.8 Å². The van der Waals surface area contributed by atoms with Gasteiger partial charge >= 0.3 is 0 Å². The number of thioether (sulfide) groups is 1. The molecule has 0 bridgehead atoms. The average Bonchev–Trinajstić information content (AvgIpc) is 3.27. The summed E-state index contributed by atoms with van der Waals surface area (Å²) < 4.78 is 7.86. The van der Waals surface area contributed by atoms with Crippen molar-refractivity contribution in [3.8, 4) is 11.6 Å². The number of furan rings is 1. The Morgan fingerprint density at radius 3 is 2.53 bits per heavy atom. The van der Waals surface area contributed by atoms with Crippen molar-refractivity contribution in [2.45, 2.75) is 67.4 Å². The van der Waals surface area contributed by atoms with E-state index in [1.165, 1.54) is 31.0 Å². The molecule has 156 valence electrons. The predicted octanol–water partition coefficient (Wildman–Crippen LogP) is 5.16. The summed E-state index contributed by atoms with van der Waals surface area (Å²) in [6, 6.07) is 14.4. The minimum atomic E-state index is -0.359. The van der Waals surface area contributed by atoms with Crippen LogP contribution in [-0.4, -0.2) is 26.7 Å². The number of rotatable bonds is 7. The second-order valence-electron chi connectivity index (χ2n) is 8.14. The van der Waals surface area contributed by atoms with Gasteiger partial charge < -0.3 is 9.73 Å². The second-order valence-corrected chi connectivity index (χ2v) is 9.21. The first kappa shape index (κ1) is 19.4.